The number of rotatable bonds is 3. The molecule has 2 aromatic rings. The van der Waals surface area contributed by atoms with Crippen LogP contribution in [0.1, 0.15) is 23.2 Å². The van der Waals surface area contributed by atoms with Crippen molar-refractivity contribution in [1.29, 1.82) is 0 Å². The van der Waals surface area contributed by atoms with Crippen LogP contribution in [0.3, 0.4) is 0 Å². The summed E-state index contributed by atoms with van der Waals surface area (Å²) in [6, 6.07) is 17.7. The molecule has 0 aromatic heterocycles. The van der Waals surface area contributed by atoms with Crippen molar-refractivity contribution in [2.45, 2.75) is 12.8 Å². The van der Waals surface area contributed by atoms with Crippen LogP contribution in [-0.2, 0) is 4.79 Å². The van der Waals surface area contributed by atoms with Crippen LogP contribution in [0.25, 0.3) is 11.1 Å². The highest BCUT2D eigenvalue weighted by molar-refractivity contribution is 5.95. The summed E-state index contributed by atoms with van der Waals surface area (Å²) in [5.41, 5.74) is 5.09. The molecule has 0 unspecified atom stereocenters. The second-order valence-electron chi connectivity index (χ2n) is 6.02. The van der Waals surface area contributed by atoms with E-state index in [0.717, 1.165) is 11.1 Å². The first-order valence-electron chi connectivity index (χ1n) is 8.14. The average molecular weight is 323 g/mol. The van der Waals surface area contributed by atoms with Crippen molar-refractivity contribution in [1.82, 2.24) is 10.3 Å². The molecule has 2 aromatic carbocycles. The number of hydrogen-bond acceptors (Lipinski definition) is 3. The van der Waals surface area contributed by atoms with E-state index in [4.69, 9.17) is 5.84 Å². The maximum absolute atomic E-state index is 12.6. The lowest BCUT2D eigenvalue weighted by molar-refractivity contribution is -0.126. The molecular formula is C19H21N3O2. The number of nitrogens with one attached hydrogen (secondary N) is 1. The molecule has 124 valence electrons. The second-order valence-corrected chi connectivity index (χ2v) is 6.02. The number of likely N-dealkylation sites (tertiary alicyclic amines) is 1. The first kappa shape index (κ1) is 16.2. The van der Waals surface area contributed by atoms with E-state index in [0.29, 0.717) is 31.5 Å². The average Bonchev–Trinajstić information content (AvgIpc) is 2.68. The van der Waals surface area contributed by atoms with Gasteiger partial charge in [-0.25, -0.2) is 5.84 Å². The van der Waals surface area contributed by atoms with Gasteiger partial charge < -0.3 is 4.90 Å². The van der Waals surface area contributed by atoms with E-state index in [1.807, 2.05) is 54.6 Å². The van der Waals surface area contributed by atoms with Gasteiger partial charge in [0.25, 0.3) is 5.91 Å². The molecule has 0 spiro atoms. The standard InChI is InChI=1S/C19H21N3O2/c20-21-18(23)16-10-12-22(13-11-16)19(24)17-8-6-15(7-9-17)14-4-2-1-3-5-14/h1-9,16H,10-13,20H2,(H,21,23). The minimum absolute atomic E-state index is 0.0150. The molecule has 3 N–H and O–H groups in total. The van der Waals surface area contributed by atoms with Crippen LogP contribution in [0.5, 0.6) is 0 Å². The van der Waals surface area contributed by atoms with Crippen molar-refractivity contribution >= 4 is 11.8 Å². The smallest absolute Gasteiger partial charge is 0.253 e. The van der Waals surface area contributed by atoms with Gasteiger partial charge in [-0.05, 0) is 36.1 Å². The first-order chi connectivity index (χ1) is 11.7. The van der Waals surface area contributed by atoms with Gasteiger partial charge in [-0.3, -0.25) is 15.0 Å². The fourth-order valence-electron chi connectivity index (χ4n) is 3.08. The summed E-state index contributed by atoms with van der Waals surface area (Å²) >= 11 is 0. The zero-order valence-electron chi connectivity index (χ0n) is 13.4. The zero-order chi connectivity index (χ0) is 16.9. The summed E-state index contributed by atoms with van der Waals surface area (Å²) in [4.78, 5) is 25.9. The van der Waals surface area contributed by atoms with Gasteiger partial charge in [-0.15, -0.1) is 0 Å². The molecule has 0 atom stereocenters. The van der Waals surface area contributed by atoms with Gasteiger partial charge in [0.05, 0.1) is 0 Å². The molecule has 0 aliphatic carbocycles. The van der Waals surface area contributed by atoms with E-state index >= 15 is 0 Å². The maximum atomic E-state index is 12.6. The summed E-state index contributed by atoms with van der Waals surface area (Å²) in [5.74, 6) is 4.94. The molecule has 3 rings (SSSR count). The van der Waals surface area contributed by atoms with E-state index in [1.165, 1.54) is 0 Å². The third kappa shape index (κ3) is 3.46. The highest BCUT2D eigenvalue weighted by Crippen LogP contribution is 2.22. The minimum Gasteiger partial charge on any atom is -0.339 e. The van der Waals surface area contributed by atoms with Gasteiger partial charge in [0, 0.05) is 24.6 Å². The third-order valence-corrected chi connectivity index (χ3v) is 4.53. The Morgan fingerprint density at radius 3 is 2.08 bits per heavy atom. The molecule has 5 nitrogen and oxygen atoms in total. The number of carbonyl (C=O) groups excluding carboxylic acids is 2. The highest BCUT2D eigenvalue weighted by atomic mass is 16.2. The molecule has 2 amide bonds. The van der Waals surface area contributed by atoms with E-state index in [1.54, 1.807) is 4.90 Å². The van der Waals surface area contributed by atoms with Gasteiger partial charge >= 0.3 is 0 Å². The molecular weight excluding hydrogens is 302 g/mol. The molecule has 0 saturated carbocycles. The lowest BCUT2D eigenvalue weighted by atomic mass is 9.95. The molecule has 0 bridgehead atoms. The number of piperidine rings is 1. The van der Waals surface area contributed by atoms with E-state index < -0.39 is 0 Å². The van der Waals surface area contributed by atoms with Gasteiger partial charge in [0.1, 0.15) is 0 Å². The van der Waals surface area contributed by atoms with E-state index in [-0.39, 0.29) is 17.7 Å². The molecule has 1 saturated heterocycles. The fraction of sp³-hybridized carbons (Fsp3) is 0.263. The predicted octanol–water partition coefficient (Wildman–Crippen LogP) is 2.20. The van der Waals surface area contributed by atoms with Gasteiger partial charge in [0.2, 0.25) is 5.91 Å². The fourth-order valence-corrected chi connectivity index (χ4v) is 3.08. The summed E-state index contributed by atoms with van der Waals surface area (Å²) in [7, 11) is 0. The summed E-state index contributed by atoms with van der Waals surface area (Å²) in [6.07, 6.45) is 1.30. The largest absolute Gasteiger partial charge is 0.339 e. The number of amides is 2. The van der Waals surface area contributed by atoms with Gasteiger partial charge in [0.15, 0.2) is 0 Å². The normalized spacial score (nSPS) is 15.1. The lowest BCUT2D eigenvalue weighted by Crippen LogP contribution is -2.44. The molecule has 5 heteroatoms. The maximum Gasteiger partial charge on any atom is 0.253 e. The molecule has 0 radical (unpaired) electrons. The van der Waals surface area contributed by atoms with Crippen LogP contribution in [0, 0.1) is 5.92 Å². The molecule has 1 aliphatic rings. The van der Waals surface area contributed by atoms with Crippen molar-refractivity contribution < 1.29 is 9.59 Å². The Bertz CT molecular complexity index is 705. The zero-order valence-corrected chi connectivity index (χ0v) is 13.4. The van der Waals surface area contributed by atoms with Crippen LogP contribution in [0.4, 0.5) is 0 Å². The van der Waals surface area contributed by atoms with Crippen LogP contribution in [0.15, 0.2) is 54.6 Å². The minimum atomic E-state index is -0.144. The topological polar surface area (TPSA) is 75.4 Å². The van der Waals surface area contributed by atoms with Crippen molar-refractivity contribution in [3.8, 4) is 11.1 Å². The Labute approximate surface area is 141 Å². The summed E-state index contributed by atoms with van der Waals surface area (Å²) in [6.45, 7) is 1.16. The van der Waals surface area contributed by atoms with E-state index in [2.05, 4.69) is 5.43 Å². The number of carbonyl (C=O) groups is 2. The third-order valence-electron chi connectivity index (χ3n) is 4.53. The van der Waals surface area contributed by atoms with Gasteiger partial charge in [-0.2, -0.15) is 0 Å². The van der Waals surface area contributed by atoms with E-state index in [9.17, 15) is 9.59 Å². The quantitative estimate of drug-likeness (QED) is 0.516. The van der Waals surface area contributed by atoms with Gasteiger partial charge in [-0.1, -0.05) is 42.5 Å². The highest BCUT2D eigenvalue weighted by Gasteiger charge is 2.27. The van der Waals surface area contributed by atoms with Crippen molar-refractivity contribution in [3.63, 3.8) is 0 Å². The number of hydrogen-bond donors (Lipinski definition) is 2. The Morgan fingerprint density at radius 1 is 0.917 bits per heavy atom. The van der Waals surface area contributed by atoms with Crippen LogP contribution < -0.4 is 11.3 Å². The van der Waals surface area contributed by atoms with Crippen LogP contribution in [-0.4, -0.2) is 29.8 Å². The Balaban J connectivity index is 1.65. The first-order valence-corrected chi connectivity index (χ1v) is 8.14. The molecule has 24 heavy (non-hydrogen) atoms. The van der Waals surface area contributed by atoms with Crippen molar-refractivity contribution in [3.05, 3.63) is 60.2 Å². The molecule has 1 aliphatic heterocycles. The Morgan fingerprint density at radius 2 is 1.50 bits per heavy atom. The monoisotopic (exact) mass is 323 g/mol. The van der Waals surface area contributed by atoms with Crippen molar-refractivity contribution in [2.75, 3.05) is 13.1 Å². The predicted molar refractivity (Wildman–Crippen MR) is 92.8 cm³/mol. The number of nitrogens with two attached hydrogens (primary N) is 1. The molecule has 1 fully saturated rings. The number of nitrogens with zero attached hydrogens (tertiary/aromatic N) is 1. The van der Waals surface area contributed by atoms with Crippen molar-refractivity contribution in [2.24, 2.45) is 11.8 Å². The Kier molecular flexibility index (Phi) is 4.91. The summed E-state index contributed by atoms with van der Waals surface area (Å²) in [5, 5.41) is 0. The van der Waals surface area contributed by atoms with Crippen LogP contribution in [0.2, 0.25) is 0 Å². The summed E-state index contributed by atoms with van der Waals surface area (Å²) < 4.78 is 0. The lowest BCUT2D eigenvalue weighted by Gasteiger charge is -2.31. The molecule has 1 heterocycles. The SMILES string of the molecule is NNC(=O)C1CCN(C(=O)c2ccc(-c3ccccc3)cc2)CC1. The Hall–Kier alpha value is -2.66. The number of hydrazine groups is 1. The van der Waals surface area contributed by atoms with Crippen LogP contribution >= 0.6 is 0 Å². The number of benzene rings is 2. The second kappa shape index (κ2) is 7.27.